The van der Waals surface area contributed by atoms with Crippen molar-refractivity contribution in [2.45, 2.75) is 40.0 Å². The van der Waals surface area contributed by atoms with E-state index in [-0.39, 0.29) is 0 Å². The van der Waals surface area contributed by atoms with Crippen LogP contribution >= 0.6 is 0 Å². The molecule has 1 fully saturated rings. The molecule has 0 nitrogen and oxygen atoms in total. The van der Waals surface area contributed by atoms with Crippen molar-refractivity contribution < 1.29 is 0 Å². The van der Waals surface area contributed by atoms with Gasteiger partial charge in [0.05, 0.1) is 0 Å². The molecule has 2 aliphatic rings. The molecule has 0 aliphatic heterocycles. The van der Waals surface area contributed by atoms with Gasteiger partial charge in [-0.2, -0.15) is 0 Å². The Kier molecular flexibility index (Phi) is 2.02. The summed E-state index contributed by atoms with van der Waals surface area (Å²) in [7, 11) is 0. The highest BCUT2D eigenvalue weighted by molar-refractivity contribution is 5.13. The predicted octanol–water partition coefficient (Wildman–Crippen LogP) is 3.63. The van der Waals surface area contributed by atoms with Gasteiger partial charge in [-0.15, -0.1) is 0 Å². The van der Waals surface area contributed by atoms with E-state index < -0.39 is 0 Å². The van der Waals surface area contributed by atoms with Crippen LogP contribution in [-0.2, 0) is 0 Å². The van der Waals surface area contributed by atoms with Gasteiger partial charge in [0, 0.05) is 0 Å². The smallest absolute Gasteiger partial charge is 0.0172 e. The van der Waals surface area contributed by atoms with Crippen LogP contribution in [-0.4, -0.2) is 0 Å². The molecule has 0 heteroatoms. The Morgan fingerprint density at radius 1 is 1.33 bits per heavy atom. The van der Waals surface area contributed by atoms with Gasteiger partial charge in [-0.25, -0.2) is 0 Å². The molecule has 0 heterocycles. The molecule has 0 aromatic heterocycles. The second-order valence-electron chi connectivity index (χ2n) is 4.87. The van der Waals surface area contributed by atoms with Crippen molar-refractivity contribution in [1.29, 1.82) is 0 Å². The Hall–Kier alpha value is -0.260. The highest BCUT2D eigenvalue weighted by Crippen LogP contribution is 2.49. The van der Waals surface area contributed by atoms with Crippen LogP contribution in [0, 0.1) is 23.7 Å². The number of hydrogen-bond acceptors (Lipinski definition) is 0. The lowest BCUT2D eigenvalue weighted by Gasteiger charge is -2.45. The van der Waals surface area contributed by atoms with E-state index in [2.05, 4.69) is 26.8 Å². The first-order chi connectivity index (χ1) is 5.70. The maximum atomic E-state index is 2.44. The van der Waals surface area contributed by atoms with E-state index in [1.54, 1.807) is 5.57 Å². The molecule has 68 valence electrons. The Labute approximate surface area is 76.1 Å². The molecule has 0 spiro atoms. The maximum Gasteiger partial charge on any atom is -0.0172 e. The standard InChI is InChI=1S/C12H20/c1-8-5-4-6-11(8)12-7-9(2)10(12)3/h5,9-12H,4,6-7H2,1-3H3. The molecule has 2 rings (SSSR count). The summed E-state index contributed by atoms with van der Waals surface area (Å²) in [6.45, 7) is 7.16. The summed E-state index contributed by atoms with van der Waals surface area (Å²) in [5.41, 5.74) is 1.68. The van der Waals surface area contributed by atoms with Crippen molar-refractivity contribution >= 4 is 0 Å². The van der Waals surface area contributed by atoms with Gasteiger partial charge in [0.25, 0.3) is 0 Å². The minimum absolute atomic E-state index is 0.955. The molecule has 4 atom stereocenters. The highest BCUT2D eigenvalue weighted by atomic mass is 14.5. The first kappa shape index (κ1) is 8.34. The molecule has 0 radical (unpaired) electrons. The average Bonchev–Trinajstić information content (AvgIpc) is 2.46. The van der Waals surface area contributed by atoms with E-state index in [1.807, 2.05) is 0 Å². The Morgan fingerprint density at radius 2 is 2.08 bits per heavy atom. The van der Waals surface area contributed by atoms with Gasteiger partial charge in [0.2, 0.25) is 0 Å². The lowest BCUT2D eigenvalue weighted by molar-refractivity contribution is 0.0621. The minimum Gasteiger partial charge on any atom is -0.0853 e. The first-order valence-electron chi connectivity index (χ1n) is 5.37. The van der Waals surface area contributed by atoms with Crippen LogP contribution in [0.3, 0.4) is 0 Å². The topological polar surface area (TPSA) is 0 Å². The fraction of sp³-hybridized carbons (Fsp3) is 0.833. The third-order valence-electron chi connectivity index (χ3n) is 4.26. The van der Waals surface area contributed by atoms with E-state index in [4.69, 9.17) is 0 Å². The van der Waals surface area contributed by atoms with Gasteiger partial charge in [-0.1, -0.05) is 25.5 Å². The molecule has 4 unspecified atom stereocenters. The van der Waals surface area contributed by atoms with Crippen LogP contribution in [0.5, 0.6) is 0 Å². The average molecular weight is 164 g/mol. The Morgan fingerprint density at radius 3 is 2.50 bits per heavy atom. The molecule has 0 N–H and O–H groups in total. The molecule has 1 saturated carbocycles. The summed E-state index contributed by atoms with van der Waals surface area (Å²) in [5.74, 6) is 3.95. The molecule has 0 bridgehead atoms. The van der Waals surface area contributed by atoms with E-state index in [0.717, 1.165) is 23.7 Å². The summed E-state index contributed by atoms with van der Waals surface area (Å²) < 4.78 is 0. The van der Waals surface area contributed by atoms with Crippen molar-refractivity contribution in [3.63, 3.8) is 0 Å². The number of allylic oxidation sites excluding steroid dienone is 2. The zero-order valence-corrected chi connectivity index (χ0v) is 8.51. The van der Waals surface area contributed by atoms with Crippen LogP contribution in [0.4, 0.5) is 0 Å². The largest absolute Gasteiger partial charge is 0.0853 e. The van der Waals surface area contributed by atoms with Crippen LogP contribution in [0.25, 0.3) is 0 Å². The lowest BCUT2D eigenvalue weighted by Crippen LogP contribution is -2.37. The fourth-order valence-electron chi connectivity index (χ4n) is 3.04. The zero-order valence-electron chi connectivity index (χ0n) is 8.51. The summed E-state index contributed by atoms with van der Waals surface area (Å²) >= 11 is 0. The first-order valence-corrected chi connectivity index (χ1v) is 5.37. The normalized spacial score (nSPS) is 47.1. The van der Waals surface area contributed by atoms with Gasteiger partial charge >= 0.3 is 0 Å². The highest BCUT2D eigenvalue weighted by Gasteiger charge is 2.40. The Bertz CT molecular complexity index is 202. The van der Waals surface area contributed by atoms with Crippen LogP contribution in [0.1, 0.15) is 40.0 Å². The third-order valence-corrected chi connectivity index (χ3v) is 4.26. The van der Waals surface area contributed by atoms with E-state index >= 15 is 0 Å². The summed E-state index contributed by atoms with van der Waals surface area (Å²) in [6, 6.07) is 0. The predicted molar refractivity (Wildman–Crippen MR) is 52.9 cm³/mol. The molecular weight excluding hydrogens is 144 g/mol. The molecule has 0 aromatic carbocycles. The SMILES string of the molecule is CC1=CCCC1C1CC(C)C1C. The number of hydrogen-bond donors (Lipinski definition) is 0. The van der Waals surface area contributed by atoms with Gasteiger partial charge in [-0.3, -0.25) is 0 Å². The second kappa shape index (κ2) is 2.90. The van der Waals surface area contributed by atoms with Crippen molar-refractivity contribution in [2.24, 2.45) is 23.7 Å². The molecule has 0 saturated heterocycles. The third kappa shape index (κ3) is 1.12. The van der Waals surface area contributed by atoms with Crippen LogP contribution in [0.15, 0.2) is 11.6 Å². The van der Waals surface area contributed by atoms with Crippen molar-refractivity contribution in [2.75, 3.05) is 0 Å². The van der Waals surface area contributed by atoms with Crippen molar-refractivity contribution in [1.82, 2.24) is 0 Å². The van der Waals surface area contributed by atoms with E-state index in [0.29, 0.717) is 0 Å². The van der Waals surface area contributed by atoms with Gasteiger partial charge < -0.3 is 0 Å². The quantitative estimate of drug-likeness (QED) is 0.519. The van der Waals surface area contributed by atoms with E-state index in [9.17, 15) is 0 Å². The number of rotatable bonds is 1. The van der Waals surface area contributed by atoms with Gasteiger partial charge in [0.1, 0.15) is 0 Å². The van der Waals surface area contributed by atoms with Gasteiger partial charge in [-0.05, 0) is 49.9 Å². The lowest BCUT2D eigenvalue weighted by atomic mass is 9.60. The monoisotopic (exact) mass is 164 g/mol. The van der Waals surface area contributed by atoms with Crippen molar-refractivity contribution in [3.05, 3.63) is 11.6 Å². The van der Waals surface area contributed by atoms with Crippen LogP contribution < -0.4 is 0 Å². The van der Waals surface area contributed by atoms with Crippen LogP contribution in [0.2, 0.25) is 0 Å². The molecule has 0 amide bonds. The fourth-order valence-corrected chi connectivity index (χ4v) is 3.04. The molecule has 12 heavy (non-hydrogen) atoms. The molecular formula is C12H20. The maximum absolute atomic E-state index is 2.44. The minimum atomic E-state index is 0.955. The summed E-state index contributed by atoms with van der Waals surface area (Å²) in [4.78, 5) is 0. The second-order valence-corrected chi connectivity index (χ2v) is 4.87. The molecule has 2 aliphatic carbocycles. The Balaban J connectivity index is 1.98. The van der Waals surface area contributed by atoms with Gasteiger partial charge in [0.15, 0.2) is 0 Å². The van der Waals surface area contributed by atoms with E-state index in [1.165, 1.54) is 19.3 Å². The molecule has 0 aromatic rings. The van der Waals surface area contributed by atoms with Crippen molar-refractivity contribution in [3.8, 4) is 0 Å². The zero-order chi connectivity index (χ0) is 8.72. The summed E-state index contributed by atoms with van der Waals surface area (Å²) in [5, 5.41) is 0. The summed E-state index contributed by atoms with van der Waals surface area (Å²) in [6.07, 6.45) is 6.71.